The minimum absolute atomic E-state index is 0.595. The van der Waals surface area contributed by atoms with E-state index >= 15 is 0 Å². The van der Waals surface area contributed by atoms with Gasteiger partial charge in [-0.25, -0.2) is 0 Å². The summed E-state index contributed by atoms with van der Waals surface area (Å²) in [5.74, 6) is 0. The van der Waals surface area contributed by atoms with Crippen LogP contribution < -0.4 is 0 Å². The van der Waals surface area contributed by atoms with Crippen molar-refractivity contribution < 1.29 is 0 Å². The van der Waals surface area contributed by atoms with Crippen LogP contribution in [0.4, 0.5) is 0 Å². The van der Waals surface area contributed by atoms with E-state index in [4.69, 9.17) is 10.5 Å². The first-order chi connectivity index (χ1) is 6.45. The molecule has 0 saturated heterocycles. The first kappa shape index (κ1) is 12.6. The van der Waals surface area contributed by atoms with E-state index in [-0.39, 0.29) is 0 Å². The highest BCUT2D eigenvalue weighted by Crippen LogP contribution is 2.20. The van der Waals surface area contributed by atoms with Gasteiger partial charge in [0.1, 0.15) is 0 Å². The Hall–Kier alpha value is -1.42. The minimum atomic E-state index is -0.798. The molecule has 0 rings (SSSR count). The fraction of sp³-hybridized carbons (Fsp3) is 0.800. The monoisotopic (exact) mass is 192 g/mol. The van der Waals surface area contributed by atoms with Gasteiger partial charge in [0.2, 0.25) is 0 Å². The molecule has 0 aliphatic carbocycles. The fourth-order valence-electron chi connectivity index (χ4n) is 0.565. The Morgan fingerprint density at radius 3 is 1.36 bits per heavy atom. The summed E-state index contributed by atoms with van der Waals surface area (Å²) in [6.07, 6.45) is 1.19. The summed E-state index contributed by atoms with van der Waals surface area (Å²) in [6.45, 7) is 7.17. The predicted octanol–water partition coefficient (Wildman–Crippen LogP) is 2.82. The molecule has 14 heavy (non-hydrogen) atoms. The zero-order valence-electron chi connectivity index (χ0n) is 9.20. The van der Waals surface area contributed by atoms with Crippen LogP contribution in [0, 0.1) is 22.7 Å². The topological polar surface area (TPSA) is 72.3 Å². The minimum Gasteiger partial charge on any atom is -0.196 e. The highest BCUT2D eigenvalue weighted by atomic mass is 15.2. The van der Waals surface area contributed by atoms with Crippen LogP contribution in [0.2, 0.25) is 0 Å². The largest absolute Gasteiger partial charge is 0.196 e. The van der Waals surface area contributed by atoms with Crippen molar-refractivity contribution >= 4 is 0 Å². The standard InChI is InChI=1S/C10H16N4/c1-5-9(3,7-11)13-14-10(4,6-2)8-12/h5-6H2,1-4H3/t9-,10+. The lowest BCUT2D eigenvalue weighted by atomic mass is 10.0. The Kier molecular flexibility index (Phi) is 4.24. The maximum Gasteiger partial charge on any atom is 0.164 e. The van der Waals surface area contributed by atoms with Crippen LogP contribution in [0.5, 0.6) is 0 Å². The van der Waals surface area contributed by atoms with Crippen LogP contribution in [0.15, 0.2) is 10.2 Å². The van der Waals surface area contributed by atoms with E-state index in [1.54, 1.807) is 13.8 Å². The lowest BCUT2D eigenvalue weighted by Gasteiger charge is -2.16. The lowest BCUT2D eigenvalue weighted by Crippen LogP contribution is -2.22. The lowest BCUT2D eigenvalue weighted by molar-refractivity contribution is 0.473. The Balaban J connectivity index is 4.76. The maximum atomic E-state index is 8.84. The average molecular weight is 192 g/mol. The molecule has 0 spiro atoms. The summed E-state index contributed by atoms with van der Waals surface area (Å²) >= 11 is 0. The van der Waals surface area contributed by atoms with Gasteiger partial charge in [0.15, 0.2) is 11.1 Å². The van der Waals surface area contributed by atoms with E-state index in [0.29, 0.717) is 12.8 Å². The van der Waals surface area contributed by atoms with Gasteiger partial charge >= 0.3 is 0 Å². The number of hydrogen-bond acceptors (Lipinski definition) is 4. The van der Waals surface area contributed by atoms with E-state index in [1.807, 2.05) is 13.8 Å². The third-order valence-electron chi connectivity index (χ3n) is 2.35. The van der Waals surface area contributed by atoms with E-state index in [9.17, 15) is 0 Å². The molecule has 0 aliphatic rings. The van der Waals surface area contributed by atoms with Crippen molar-refractivity contribution in [1.29, 1.82) is 10.5 Å². The van der Waals surface area contributed by atoms with Gasteiger partial charge in [-0.15, -0.1) is 0 Å². The Morgan fingerprint density at radius 1 is 0.929 bits per heavy atom. The smallest absolute Gasteiger partial charge is 0.164 e. The third kappa shape index (κ3) is 3.14. The van der Waals surface area contributed by atoms with Crippen molar-refractivity contribution in [2.75, 3.05) is 0 Å². The van der Waals surface area contributed by atoms with Crippen LogP contribution in [-0.2, 0) is 0 Å². The van der Waals surface area contributed by atoms with Crippen molar-refractivity contribution in [3.05, 3.63) is 0 Å². The molecular formula is C10H16N4. The average Bonchev–Trinajstić information content (AvgIpc) is 2.25. The van der Waals surface area contributed by atoms with Gasteiger partial charge in [-0.2, -0.15) is 20.8 Å². The van der Waals surface area contributed by atoms with Crippen molar-refractivity contribution in [2.45, 2.75) is 51.6 Å². The molecule has 0 bridgehead atoms. The van der Waals surface area contributed by atoms with E-state index in [2.05, 4.69) is 22.4 Å². The Bertz CT molecular complexity index is 266. The zero-order chi connectivity index (χ0) is 11.2. The molecule has 4 nitrogen and oxygen atoms in total. The second-order valence-electron chi connectivity index (χ2n) is 3.68. The van der Waals surface area contributed by atoms with Crippen molar-refractivity contribution in [1.82, 2.24) is 0 Å². The molecule has 0 fully saturated rings. The van der Waals surface area contributed by atoms with Crippen LogP contribution in [-0.4, -0.2) is 11.1 Å². The Morgan fingerprint density at radius 2 is 1.21 bits per heavy atom. The van der Waals surface area contributed by atoms with E-state index in [0.717, 1.165) is 0 Å². The van der Waals surface area contributed by atoms with Gasteiger partial charge in [0, 0.05) is 0 Å². The van der Waals surface area contributed by atoms with Gasteiger partial charge in [-0.05, 0) is 26.7 Å². The van der Waals surface area contributed by atoms with Crippen LogP contribution in [0.3, 0.4) is 0 Å². The molecular weight excluding hydrogens is 176 g/mol. The number of hydrogen-bond donors (Lipinski definition) is 0. The summed E-state index contributed by atoms with van der Waals surface area (Å²) in [5, 5.41) is 25.6. The normalized spacial score (nSPS) is 19.3. The van der Waals surface area contributed by atoms with Gasteiger partial charge in [0.05, 0.1) is 12.1 Å². The highest BCUT2D eigenvalue weighted by molar-refractivity contribution is 5.06. The van der Waals surface area contributed by atoms with Gasteiger partial charge in [-0.1, -0.05) is 13.8 Å². The SMILES string of the molecule is CC[C@](C)(C#N)N=N[C@](C)(C#N)CC. The van der Waals surface area contributed by atoms with Gasteiger partial charge in [-0.3, -0.25) is 0 Å². The molecule has 0 heterocycles. The van der Waals surface area contributed by atoms with Crippen molar-refractivity contribution in [2.24, 2.45) is 10.2 Å². The van der Waals surface area contributed by atoms with E-state index in [1.165, 1.54) is 0 Å². The molecule has 0 amide bonds. The molecule has 4 heteroatoms. The number of nitrogens with zero attached hydrogens (tertiary/aromatic N) is 4. The van der Waals surface area contributed by atoms with Crippen LogP contribution >= 0.6 is 0 Å². The molecule has 0 aromatic heterocycles. The molecule has 0 unspecified atom stereocenters. The maximum absolute atomic E-state index is 8.84. The summed E-state index contributed by atoms with van der Waals surface area (Å²) in [6, 6.07) is 4.16. The second kappa shape index (κ2) is 4.72. The summed E-state index contributed by atoms with van der Waals surface area (Å²) in [4.78, 5) is 0. The van der Waals surface area contributed by atoms with Crippen molar-refractivity contribution in [3.8, 4) is 12.1 Å². The third-order valence-corrected chi connectivity index (χ3v) is 2.35. The van der Waals surface area contributed by atoms with Gasteiger partial charge in [0.25, 0.3) is 0 Å². The van der Waals surface area contributed by atoms with Gasteiger partial charge < -0.3 is 0 Å². The Labute approximate surface area is 85.3 Å². The van der Waals surface area contributed by atoms with Crippen molar-refractivity contribution in [3.63, 3.8) is 0 Å². The highest BCUT2D eigenvalue weighted by Gasteiger charge is 2.25. The van der Waals surface area contributed by atoms with Crippen LogP contribution in [0.25, 0.3) is 0 Å². The predicted molar refractivity (Wildman–Crippen MR) is 53.5 cm³/mol. The summed E-state index contributed by atoms with van der Waals surface area (Å²) in [7, 11) is 0. The number of nitriles is 2. The molecule has 0 saturated carbocycles. The number of rotatable bonds is 4. The molecule has 0 radical (unpaired) electrons. The summed E-state index contributed by atoms with van der Waals surface area (Å²) < 4.78 is 0. The molecule has 0 aliphatic heterocycles. The fourth-order valence-corrected chi connectivity index (χ4v) is 0.565. The number of azo groups is 1. The molecule has 0 aromatic rings. The second-order valence-corrected chi connectivity index (χ2v) is 3.68. The zero-order valence-corrected chi connectivity index (χ0v) is 9.20. The first-order valence-corrected chi connectivity index (χ1v) is 4.72. The molecule has 0 N–H and O–H groups in total. The first-order valence-electron chi connectivity index (χ1n) is 4.72. The molecule has 0 aromatic carbocycles. The summed E-state index contributed by atoms with van der Waals surface area (Å²) in [5.41, 5.74) is -1.60. The molecule has 76 valence electrons. The quantitative estimate of drug-likeness (QED) is 0.642. The van der Waals surface area contributed by atoms with Crippen LogP contribution in [0.1, 0.15) is 40.5 Å². The van der Waals surface area contributed by atoms with E-state index < -0.39 is 11.1 Å². The molecule has 2 atom stereocenters.